The molecular formula is C22H32N2O4. The lowest BCUT2D eigenvalue weighted by molar-refractivity contribution is 0.0452. The van der Waals surface area contributed by atoms with E-state index in [1.807, 2.05) is 39.0 Å². The number of rotatable bonds is 6. The maximum absolute atomic E-state index is 12.2. The van der Waals surface area contributed by atoms with Gasteiger partial charge in [0.25, 0.3) is 0 Å². The number of alkyl carbamates (subject to hydrolysis) is 2. The molecule has 0 aliphatic heterocycles. The molecule has 0 heterocycles. The SMILES string of the molecule is C=CCNC(=O)O[C@H]1CC[C@@](CNC(=O)OC(C)(C)C)(c2ccccc2)CC1. The van der Waals surface area contributed by atoms with Crippen LogP contribution in [0.15, 0.2) is 43.0 Å². The van der Waals surface area contributed by atoms with E-state index in [-0.39, 0.29) is 11.5 Å². The number of carbonyl (C=O) groups is 2. The van der Waals surface area contributed by atoms with Crippen molar-refractivity contribution in [2.75, 3.05) is 13.1 Å². The minimum Gasteiger partial charge on any atom is -0.446 e. The third kappa shape index (κ3) is 6.59. The van der Waals surface area contributed by atoms with Crippen LogP contribution in [0.4, 0.5) is 9.59 Å². The highest BCUT2D eigenvalue weighted by Gasteiger charge is 2.38. The van der Waals surface area contributed by atoms with Gasteiger partial charge in [0, 0.05) is 18.5 Å². The Morgan fingerprint density at radius 3 is 2.36 bits per heavy atom. The second-order valence-electron chi connectivity index (χ2n) is 8.28. The van der Waals surface area contributed by atoms with E-state index in [9.17, 15) is 9.59 Å². The van der Waals surface area contributed by atoms with Crippen LogP contribution in [0.5, 0.6) is 0 Å². The molecule has 2 amide bonds. The third-order valence-electron chi connectivity index (χ3n) is 4.91. The van der Waals surface area contributed by atoms with Crippen molar-refractivity contribution in [1.29, 1.82) is 0 Å². The van der Waals surface area contributed by atoms with Gasteiger partial charge in [-0.25, -0.2) is 9.59 Å². The Labute approximate surface area is 167 Å². The summed E-state index contributed by atoms with van der Waals surface area (Å²) in [6.07, 6.45) is 3.78. The van der Waals surface area contributed by atoms with Crippen LogP contribution in [0.3, 0.4) is 0 Å². The topological polar surface area (TPSA) is 76.7 Å². The third-order valence-corrected chi connectivity index (χ3v) is 4.91. The van der Waals surface area contributed by atoms with Crippen molar-refractivity contribution < 1.29 is 19.1 Å². The average Bonchev–Trinajstić information content (AvgIpc) is 2.65. The predicted octanol–water partition coefficient (Wildman–Crippen LogP) is 4.30. The van der Waals surface area contributed by atoms with Gasteiger partial charge >= 0.3 is 12.2 Å². The summed E-state index contributed by atoms with van der Waals surface area (Å²) in [5, 5.41) is 5.58. The fourth-order valence-electron chi connectivity index (χ4n) is 3.53. The lowest BCUT2D eigenvalue weighted by atomic mass is 9.68. The highest BCUT2D eigenvalue weighted by Crippen LogP contribution is 2.40. The Hall–Kier alpha value is -2.50. The zero-order valence-electron chi connectivity index (χ0n) is 17.1. The van der Waals surface area contributed by atoms with Gasteiger partial charge in [0.2, 0.25) is 0 Å². The minimum absolute atomic E-state index is 0.122. The molecule has 0 bridgehead atoms. The smallest absolute Gasteiger partial charge is 0.407 e. The van der Waals surface area contributed by atoms with E-state index < -0.39 is 17.8 Å². The number of carbonyl (C=O) groups excluding carboxylic acids is 2. The van der Waals surface area contributed by atoms with E-state index in [2.05, 4.69) is 29.3 Å². The van der Waals surface area contributed by atoms with Gasteiger partial charge in [-0.3, -0.25) is 0 Å². The van der Waals surface area contributed by atoms with Gasteiger partial charge in [0.05, 0.1) is 0 Å². The van der Waals surface area contributed by atoms with Crippen LogP contribution in [0.1, 0.15) is 52.0 Å². The first-order valence-electron chi connectivity index (χ1n) is 9.82. The normalized spacial score (nSPS) is 22.0. The molecule has 154 valence electrons. The van der Waals surface area contributed by atoms with Gasteiger partial charge < -0.3 is 20.1 Å². The van der Waals surface area contributed by atoms with Crippen LogP contribution in [-0.4, -0.2) is 37.0 Å². The van der Waals surface area contributed by atoms with E-state index in [4.69, 9.17) is 9.47 Å². The highest BCUT2D eigenvalue weighted by atomic mass is 16.6. The van der Waals surface area contributed by atoms with Crippen molar-refractivity contribution in [2.45, 2.75) is 63.6 Å². The Morgan fingerprint density at radius 2 is 1.79 bits per heavy atom. The van der Waals surface area contributed by atoms with Gasteiger partial charge in [-0.2, -0.15) is 0 Å². The number of benzene rings is 1. The molecule has 28 heavy (non-hydrogen) atoms. The zero-order valence-corrected chi connectivity index (χ0v) is 17.1. The fourth-order valence-corrected chi connectivity index (χ4v) is 3.53. The molecule has 2 N–H and O–H groups in total. The second-order valence-corrected chi connectivity index (χ2v) is 8.28. The van der Waals surface area contributed by atoms with Crippen molar-refractivity contribution in [2.24, 2.45) is 0 Å². The molecule has 1 aliphatic carbocycles. The van der Waals surface area contributed by atoms with E-state index in [0.29, 0.717) is 13.1 Å². The molecule has 2 rings (SSSR count). The summed E-state index contributed by atoms with van der Waals surface area (Å²) in [7, 11) is 0. The minimum atomic E-state index is -0.533. The maximum atomic E-state index is 12.2. The van der Waals surface area contributed by atoms with Crippen LogP contribution in [0, 0.1) is 0 Å². The molecule has 0 aromatic heterocycles. The second kappa shape index (κ2) is 9.62. The maximum Gasteiger partial charge on any atom is 0.407 e. The summed E-state index contributed by atoms with van der Waals surface area (Å²) in [5.41, 5.74) is 0.449. The predicted molar refractivity (Wildman–Crippen MR) is 109 cm³/mol. The standard InChI is InChI=1S/C22H32N2O4/c1-5-15-23-19(25)27-18-11-13-22(14-12-18,17-9-7-6-8-10-17)16-24-20(26)28-21(2,3)4/h5-10,18H,1,11-16H2,2-4H3,(H,23,25)(H,24,26)/t18-,22+. The first-order chi connectivity index (χ1) is 13.2. The van der Waals surface area contributed by atoms with Gasteiger partial charge in [0.15, 0.2) is 0 Å². The molecule has 0 radical (unpaired) electrons. The molecule has 1 saturated carbocycles. The molecule has 0 atom stereocenters. The Morgan fingerprint density at radius 1 is 1.14 bits per heavy atom. The lowest BCUT2D eigenvalue weighted by Crippen LogP contribution is -2.46. The zero-order chi connectivity index (χ0) is 20.6. The molecule has 0 unspecified atom stereocenters. The van der Waals surface area contributed by atoms with Gasteiger partial charge in [0.1, 0.15) is 11.7 Å². The molecule has 1 fully saturated rings. The highest BCUT2D eigenvalue weighted by molar-refractivity contribution is 5.68. The van der Waals surface area contributed by atoms with Crippen molar-refractivity contribution >= 4 is 12.2 Å². The summed E-state index contributed by atoms with van der Waals surface area (Å²) in [6.45, 7) is 9.99. The summed E-state index contributed by atoms with van der Waals surface area (Å²) < 4.78 is 10.9. The number of ether oxygens (including phenoxy) is 2. The first-order valence-corrected chi connectivity index (χ1v) is 9.82. The quantitative estimate of drug-likeness (QED) is 0.712. The molecule has 6 nitrogen and oxygen atoms in total. The monoisotopic (exact) mass is 388 g/mol. The number of hydrogen-bond acceptors (Lipinski definition) is 4. The van der Waals surface area contributed by atoms with Crippen molar-refractivity contribution in [3.8, 4) is 0 Å². The van der Waals surface area contributed by atoms with Gasteiger partial charge in [-0.15, -0.1) is 6.58 Å². The molecule has 1 aromatic carbocycles. The van der Waals surface area contributed by atoms with Crippen LogP contribution >= 0.6 is 0 Å². The van der Waals surface area contributed by atoms with E-state index in [1.54, 1.807) is 6.08 Å². The summed E-state index contributed by atoms with van der Waals surface area (Å²) in [6, 6.07) is 10.2. The lowest BCUT2D eigenvalue weighted by Gasteiger charge is -2.40. The van der Waals surface area contributed by atoms with Crippen LogP contribution in [0.25, 0.3) is 0 Å². The van der Waals surface area contributed by atoms with Crippen LogP contribution < -0.4 is 10.6 Å². The summed E-state index contributed by atoms with van der Waals surface area (Å²) >= 11 is 0. The molecule has 0 spiro atoms. The number of nitrogens with one attached hydrogen (secondary N) is 2. The van der Waals surface area contributed by atoms with E-state index in [1.165, 1.54) is 5.56 Å². The Kier molecular flexibility index (Phi) is 7.49. The summed E-state index contributed by atoms with van der Waals surface area (Å²) in [4.78, 5) is 24.0. The first kappa shape index (κ1) is 21.8. The Balaban J connectivity index is 2.01. The molecule has 0 saturated heterocycles. The van der Waals surface area contributed by atoms with Gasteiger partial charge in [-0.05, 0) is 52.0 Å². The van der Waals surface area contributed by atoms with Gasteiger partial charge in [-0.1, -0.05) is 36.4 Å². The molecule has 6 heteroatoms. The van der Waals surface area contributed by atoms with E-state index in [0.717, 1.165) is 25.7 Å². The van der Waals surface area contributed by atoms with E-state index >= 15 is 0 Å². The Bertz CT molecular complexity index is 659. The molecular weight excluding hydrogens is 356 g/mol. The van der Waals surface area contributed by atoms with Crippen molar-refractivity contribution in [1.82, 2.24) is 10.6 Å². The van der Waals surface area contributed by atoms with Crippen molar-refractivity contribution in [3.63, 3.8) is 0 Å². The number of amides is 2. The van der Waals surface area contributed by atoms with Crippen molar-refractivity contribution in [3.05, 3.63) is 48.6 Å². The molecule has 1 aromatic rings. The largest absolute Gasteiger partial charge is 0.446 e. The number of hydrogen-bond donors (Lipinski definition) is 2. The average molecular weight is 389 g/mol. The summed E-state index contributed by atoms with van der Waals surface area (Å²) in [5.74, 6) is 0. The van der Waals surface area contributed by atoms with Crippen LogP contribution in [-0.2, 0) is 14.9 Å². The van der Waals surface area contributed by atoms with Crippen LogP contribution in [0.2, 0.25) is 0 Å². The fraction of sp³-hybridized carbons (Fsp3) is 0.545. The molecule has 1 aliphatic rings.